The molecule has 6 heteroatoms. The molecule has 0 aliphatic carbocycles. The summed E-state index contributed by atoms with van der Waals surface area (Å²) in [4.78, 5) is 13.0. The maximum absolute atomic E-state index is 12.2. The van der Waals surface area contributed by atoms with Crippen molar-refractivity contribution in [2.24, 2.45) is 0 Å². The van der Waals surface area contributed by atoms with E-state index < -0.39 is 6.10 Å². The molecule has 0 aliphatic heterocycles. The van der Waals surface area contributed by atoms with Gasteiger partial charge in [0.05, 0.1) is 14.2 Å². The van der Waals surface area contributed by atoms with Crippen molar-refractivity contribution in [2.75, 3.05) is 20.8 Å². The molecule has 0 saturated carbocycles. The second-order valence-corrected chi connectivity index (χ2v) is 5.71. The smallest absolute Gasteiger partial charge is 0.251 e. The number of amides is 1. The van der Waals surface area contributed by atoms with Gasteiger partial charge >= 0.3 is 0 Å². The highest BCUT2D eigenvalue weighted by atomic mass is 32.1. The number of carbonyl (C=O) groups excluding carboxylic acids is 1. The summed E-state index contributed by atoms with van der Waals surface area (Å²) in [7, 11) is 3.06. The van der Waals surface area contributed by atoms with E-state index in [-0.39, 0.29) is 12.5 Å². The van der Waals surface area contributed by atoms with Crippen molar-refractivity contribution in [3.63, 3.8) is 0 Å². The van der Waals surface area contributed by atoms with Gasteiger partial charge in [-0.2, -0.15) is 0 Å². The number of methoxy groups -OCH3 is 2. The zero-order chi connectivity index (χ0) is 16.1. The molecule has 0 saturated heterocycles. The average Bonchev–Trinajstić information content (AvgIpc) is 2.97. The van der Waals surface area contributed by atoms with Crippen LogP contribution < -0.4 is 14.8 Å². The number of carbonyl (C=O) groups is 1. The molecule has 0 fully saturated rings. The normalized spacial score (nSPS) is 11.8. The molecule has 1 aromatic carbocycles. The van der Waals surface area contributed by atoms with Crippen LogP contribution in [0.25, 0.3) is 0 Å². The minimum atomic E-state index is -0.705. The lowest BCUT2D eigenvalue weighted by Crippen LogP contribution is -2.28. The van der Waals surface area contributed by atoms with Crippen molar-refractivity contribution >= 4 is 17.2 Å². The first-order chi connectivity index (χ1) is 10.6. The van der Waals surface area contributed by atoms with Crippen LogP contribution in [0.3, 0.4) is 0 Å². The Morgan fingerprint density at radius 2 is 2.00 bits per heavy atom. The fourth-order valence-corrected chi connectivity index (χ4v) is 3.00. The third kappa shape index (κ3) is 3.58. The molecule has 0 radical (unpaired) electrons. The molecule has 1 unspecified atom stereocenters. The quantitative estimate of drug-likeness (QED) is 0.858. The number of hydrogen-bond acceptors (Lipinski definition) is 5. The summed E-state index contributed by atoms with van der Waals surface area (Å²) < 4.78 is 10.3. The Hall–Kier alpha value is -2.05. The van der Waals surface area contributed by atoms with Crippen LogP contribution in [0.15, 0.2) is 29.6 Å². The summed E-state index contributed by atoms with van der Waals surface area (Å²) in [6, 6.07) is 6.88. The van der Waals surface area contributed by atoms with Crippen molar-refractivity contribution < 1.29 is 19.4 Å². The van der Waals surface area contributed by atoms with E-state index in [1.807, 2.05) is 18.4 Å². The van der Waals surface area contributed by atoms with Crippen LogP contribution in [0.4, 0.5) is 0 Å². The van der Waals surface area contributed by atoms with E-state index in [2.05, 4.69) is 5.32 Å². The van der Waals surface area contributed by atoms with E-state index in [9.17, 15) is 9.90 Å². The Morgan fingerprint density at radius 3 is 2.59 bits per heavy atom. The van der Waals surface area contributed by atoms with Gasteiger partial charge in [-0.3, -0.25) is 4.79 Å². The molecule has 1 atom stereocenters. The molecule has 5 nitrogen and oxygen atoms in total. The van der Waals surface area contributed by atoms with Crippen LogP contribution in [-0.2, 0) is 0 Å². The molecule has 22 heavy (non-hydrogen) atoms. The minimum Gasteiger partial charge on any atom is -0.493 e. The molecule has 1 aromatic heterocycles. The van der Waals surface area contributed by atoms with Gasteiger partial charge in [0, 0.05) is 17.0 Å². The highest BCUT2D eigenvalue weighted by Gasteiger charge is 2.15. The van der Waals surface area contributed by atoms with Crippen molar-refractivity contribution in [1.82, 2.24) is 5.32 Å². The number of nitrogens with one attached hydrogen (secondary N) is 1. The van der Waals surface area contributed by atoms with Gasteiger partial charge in [0.25, 0.3) is 5.91 Å². The molecule has 1 heterocycles. The number of rotatable bonds is 6. The van der Waals surface area contributed by atoms with Gasteiger partial charge in [0.1, 0.15) is 6.10 Å². The Bertz CT molecular complexity index is 653. The number of aryl methyl sites for hydroxylation is 1. The molecular formula is C16H19NO4S. The maximum Gasteiger partial charge on any atom is 0.251 e. The topological polar surface area (TPSA) is 67.8 Å². The van der Waals surface area contributed by atoms with Gasteiger partial charge in [-0.05, 0) is 42.1 Å². The van der Waals surface area contributed by atoms with Gasteiger partial charge in [0.15, 0.2) is 11.5 Å². The van der Waals surface area contributed by atoms with Crippen LogP contribution >= 0.6 is 11.3 Å². The molecule has 118 valence electrons. The Labute approximate surface area is 133 Å². The molecule has 2 aromatic rings. The first-order valence-electron chi connectivity index (χ1n) is 6.79. The van der Waals surface area contributed by atoms with Gasteiger partial charge in [-0.25, -0.2) is 0 Å². The molecule has 0 bridgehead atoms. The van der Waals surface area contributed by atoms with Gasteiger partial charge in [-0.1, -0.05) is 0 Å². The van der Waals surface area contributed by atoms with Gasteiger partial charge in [-0.15, -0.1) is 11.3 Å². The predicted molar refractivity (Wildman–Crippen MR) is 85.9 cm³/mol. The molecule has 0 spiro atoms. The lowest BCUT2D eigenvalue weighted by atomic mass is 10.1. The summed E-state index contributed by atoms with van der Waals surface area (Å²) >= 11 is 1.48. The maximum atomic E-state index is 12.2. The van der Waals surface area contributed by atoms with Crippen LogP contribution in [0.5, 0.6) is 11.5 Å². The number of ether oxygens (including phenoxy) is 2. The summed E-state index contributed by atoms with van der Waals surface area (Å²) in [6.45, 7) is 2.10. The van der Waals surface area contributed by atoms with Crippen LogP contribution in [0.1, 0.15) is 26.9 Å². The van der Waals surface area contributed by atoms with E-state index in [0.717, 1.165) is 10.4 Å². The standard InChI is InChI=1S/C16H19NO4S/c1-10-6-7-22-15(10)12(18)9-17-16(19)11-4-5-13(20-2)14(8-11)21-3/h4-8,12,18H,9H2,1-3H3,(H,17,19). The van der Waals surface area contributed by atoms with E-state index >= 15 is 0 Å². The zero-order valence-corrected chi connectivity index (χ0v) is 13.6. The van der Waals surface area contributed by atoms with Gasteiger partial charge in [0.2, 0.25) is 0 Å². The summed E-state index contributed by atoms with van der Waals surface area (Å²) in [6.07, 6.45) is -0.705. The van der Waals surface area contributed by atoms with Crippen molar-refractivity contribution in [3.8, 4) is 11.5 Å². The molecule has 0 aliphatic rings. The largest absolute Gasteiger partial charge is 0.493 e. The van der Waals surface area contributed by atoms with E-state index in [4.69, 9.17) is 9.47 Å². The summed E-state index contributed by atoms with van der Waals surface area (Å²) in [5, 5.41) is 14.8. The molecular weight excluding hydrogens is 302 g/mol. The van der Waals surface area contributed by atoms with Crippen molar-refractivity contribution in [3.05, 3.63) is 45.6 Å². The highest BCUT2D eigenvalue weighted by Crippen LogP contribution is 2.27. The van der Waals surface area contributed by atoms with E-state index in [1.165, 1.54) is 25.6 Å². The highest BCUT2D eigenvalue weighted by molar-refractivity contribution is 7.10. The molecule has 1 amide bonds. The lowest BCUT2D eigenvalue weighted by Gasteiger charge is -2.13. The summed E-state index contributed by atoms with van der Waals surface area (Å²) in [5.74, 6) is 0.785. The number of benzene rings is 1. The Morgan fingerprint density at radius 1 is 1.27 bits per heavy atom. The number of aliphatic hydroxyl groups is 1. The Balaban J connectivity index is 2.02. The first kappa shape index (κ1) is 16.3. The molecule has 2 N–H and O–H groups in total. The third-order valence-electron chi connectivity index (χ3n) is 3.31. The fourth-order valence-electron chi connectivity index (χ4n) is 2.09. The second kappa shape index (κ2) is 7.29. The average molecular weight is 321 g/mol. The second-order valence-electron chi connectivity index (χ2n) is 4.76. The Kier molecular flexibility index (Phi) is 5.41. The number of hydrogen-bond donors (Lipinski definition) is 2. The first-order valence-corrected chi connectivity index (χ1v) is 7.67. The van der Waals surface area contributed by atoms with Gasteiger partial charge < -0.3 is 19.9 Å². The van der Waals surface area contributed by atoms with Crippen molar-refractivity contribution in [2.45, 2.75) is 13.0 Å². The lowest BCUT2D eigenvalue weighted by molar-refractivity contribution is 0.0917. The SMILES string of the molecule is COc1ccc(C(=O)NCC(O)c2sccc2C)cc1OC. The minimum absolute atomic E-state index is 0.161. The fraction of sp³-hybridized carbons (Fsp3) is 0.312. The van der Waals surface area contributed by atoms with Crippen molar-refractivity contribution in [1.29, 1.82) is 0 Å². The number of thiophene rings is 1. The van der Waals surface area contributed by atoms with Crippen LogP contribution in [-0.4, -0.2) is 31.8 Å². The predicted octanol–water partition coefficient (Wildman–Crippen LogP) is 2.54. The van der Waals surface area contributed by atoms with E-state index in [0.29, 0.717) is 17.1 Å². The van der Waals surface area contributed by atoms with Crippen LogP contribution in [0.2, 0.25) is 0 Å². The van der Waals surface area contributed by atoms with E-state index in [1.54, 1.807) is 18.2 Å². The zero-order valence-electron chi connectivity index (χ0n) is 12.8. The van der Waals surface area contributed by atoms with Crippen LogP contribution in [0, 0.1) is 6.92 Å². The molecule has 2 rings (SSSR count). The monoisotopic (exact) mass is 321 g/mol. The summed E-state index contributed by atoms with van der Waals surface area (Å²) in [5.41, 5.74) is 1.48. The third-order valence-corrected chi connectivity index (χ3v) is 4.43. The number of aliphatic hydroxyl groups excluding tert-OH is 1.